The maximum Gasteiger partial charge on any atom is 0.203 e. The fourth-order valence-corrected chi connectivity index (χ4v) is 3.25. The maximum absolute atomic E-state index is 11.9. The van der Waals surface area contributed by atoms with E-state index in [-0.39, 0.29) is 18.5 Å². The molecule has 2 atom stereocenters. The summed E-state index contributed by atoms with van der Waals surface area (Å²) in [5.74, 6) is -3.91. The second-order valence-corrected chi connectivity index (χ2v) is 7.90. The first-order valence-electron chi connectivity index (χ1n) is 9.65. The molecule has 2 aliphatic heterocycles. The average Bonchev–Trinajstić information content (AvgIpc) is 3.24. The Morgan fingerprint density at radius 3 is 2.35 bits per heavy atom. The highest BCUT2D eigenvalue weighted by atomic mass is 16.1. The van der Waals surface area contributed by atoms with E-state index in [0.29, 0.717) is 29.4 Å². The Morgan fingerprint density at radius 2 is 1.77 bits per heavy atom. The minimum Gasteiger partial charge on any atom is -0.399 e. The van der Waals surface area contributed by atoms with Gasteiger partial charge in [-0.15, -0.1) is 0 Å². The topological polar surface area (TPSA) is 248 Å². The van der Waals surface area contributed by atoms with Crippen molar-refractivity contribution in [2.45, 2.75) is 31.0 Å². The van der Waals surface area contributed by atoms with Crippen molar-refractivity contribution in [3.8, 4) is 0 Å². The van der Waals surface area contributed by atoms with Gasteiger partial charge in [0.25, 0.3) is 0 Å². The normalized spacial score (nSPS) is 22.8. The monoisotopic (exact) mass is 427 g/mol. The van der Waals surface area contributed by atoms with Crippen molar-refractivity contribution in [2.24, 2.45) is 55.4 Å². The van der Waals surface area contributed by atoms with E-state index >= 15 is 0 Å². The van der Waals surface area contributed by atoms with Crippen LogP contribution in [0.25, 0.3) is 0 Å². The molecule has 12 nitrogen and oxygen atoms in total. The van der Waals surface area contributed by atoms with E-state index in [9.17, 15) is 4.79 Å². The van der Waals surface area contributed by atoms with E-state index in [1.54, 1.807) is 6.08 Å². The van der Waals surface area contributed by atoms with Gasteiger partial charge in [0.05, 0.1) is 23.4 Å². The number of Topliss-reactive ketones (excluding diaryl/α,β-unsaturated/α-hetero) is 1. The van der Waals surface area contributed by atoms with E-state index in [1.807, 2.05) is 31.2 Å². The van der Waals surface area contributed by atoms with Crippen LogP contribution in [0, 0.1) is 5.92 Å². The Kier molecular flexibility index (Phi) is 6.04. The first-order chi connectivity index (χ1) is 14.4. The molecule has 166 valence electrons. The molecule has 0 aromatic heterocycles. The molecule has 0 fully saturated rings. The lowest BCUT2D eigenvalue weighted by Crippen LogP contribution is -2.64. The zero-order valence-electron chi connectivity index (χ0n) is 17.2. The first-order valence-corrected chi connectivity index (χ1v) is 9.65. The van der Waals surface area contributed by atoms with Crippen LogP contribution in [0.2, 0.25) is 0 Å². The molecule has 0 saturated heterocycles. The van der Waals surface area contributed by atoms with Crippen molar-refractivity contribution < 1.29 is 4.79 Å². The summed E-state index contributed by atoms with van der Waals surface area (Å²) in [5.41, 5.74) is 46.0. The third-order valence-corrected chi connectivity index (χ3v) is 5.08. The van der Waals surface area contributed by atoms with E-state index in [1.165, 1.54) is 0 Å². The Hall–Kier alpha value is -3.00. The van der Waals surface area contributed by atoms with Crippen LogP contribution in [-0.4, -0.2) is 47.2 Å². The number of nitrogens with one attached hydrogen (secondary N) is 1. The number of rotatable bonds is 7. The van der Waals surface area contributed by atoms with Crippen LogP contribution in [0.15, 0.2) is 51.0 Å². The van der Waals surface area contributed by atoms with Gasteiger partial charge in [0.1, 0.15) is 12.4 Å². The number of carbonyl (C=O) groups is 1. The first kappa shape index (κ1) is 22.7. The Morgan fingerprint density at radius 1 is 1.13 bits per heavy atom. The molecule has 0 radical (unpaired) electrons. The fraction of sp³-hybridized carbons (Fsp3) is 0.368. The van der Waals surface area contributed by atoms with E-state index in [4.69, 9.17) is 40.1 Å². The molecule has 2 unspecified atom stereocenters. The van der Waals surface area contributed by atoms with Crippen LogP contribution in [0.4, 0.5) is 5.69 Å². The number of amidine groups is 1. The van der Waals surface area contributed by atoms with Gasteiger partial charge in [-0.25, -0.2) is 0 Å². The van der Waals surface area contributed by atoms with Crippen LogP contribution in [0.5, 0.6) is 0 Å². The molecule has 0 saturated carbocycles. The molecule has 3 rings (SSSR count). The molecular formula is C19H29N11O. The number of carbonyl (C=O) groups excluding carboxylic acids is 1. The molecule has 1 aromatic rings. The summed E-state index contributed by atoms with van der Waals surface area (Å²) < 4.78 is 0. The van der Waals surface area contributed by atoms with Gasteiger partial charge in [-0.3, -0.25) is 54.6 Å². The molecule has 1 aromatic carbocycles. The van der Waals surface area contributed by atoms with Gasteiger partial charge in [-0.2, -0.15) is 5.10 Å². The molecule has 12 heteroatoms. The predicted octanol–water partition coefficient (Wildman–Crippen LogP) is -2.82. The van der Waals surface area contributed by atoms with Gasteiger partial charge in [-0.05, 0) is 37.1 Å². The molecular weight excluding hydrogens is 398 g/mol. The minimum absolute atomic E-state index is 0.257. The largest absolute Gasteiger partial charge is 0.399 e. The van der Waals surface area contributed by atoms with Gasteiger partial charge in [0, 0.05) is 11.3 Å². The van der Waals surface area contributed by atoms with Gasteiger partial charge in [0.2, 0.25) is 5.78 Å². The number of nitrogens with zero attached hydrogens (tertiary/aromatic N) is 3. The quantitative estimate of drug-likeness (QED) is 0.165. The van der Waals surface area contributed by atoms with Gasteiger partial charge >= 0.3 is 0 Å². The number of hydrogen-bond donors (Lipinski definition) is 8. The third-order valence-electron chi connectivity index (χ3n) is 5.08. The van der Waals surface area contributed by atoms with Crippen molar-refractivity contribution in [1.29, 1.82) is 0 Å². The molecule has 0 amide bonds. The lowest BCUT2D eigenvalue weighted by molar-refractivity contribution is -0.122. The van der Waals surface area contributed by atoms with Crippen LogP contribution in [0.1, 0.15) is 12.5 Å². The summed E-state index contributed by atoms with van der Waals surface area (Å²) in [5, 5.41) is 4.39. The standard InChI is InChI=1S/C19H29N11O/c1-9-16(29-30-17(9)27-8-15(31)19(24,25)26)12-7-14(18(21,22)23)28-13(12)6-10-2-4-11(20)5-3-10/h2-5,7,9,13H,6,8,20-26H2,1H3,(H,27,30). The Labute approximate surface area is 179 Å². The smallest absolute Gasteiger partial charge is 0.203 e. The van der Waals surface area contributed by atoms with Gasteiger partial charge in [0.15, 0.2) is 11.6 Å². The highest BCUT2D eigenvalue weighted by Gasteiger charge is 2.36. The fourth-order valence-electron chi connectivity index (χ4n) is 3.25. The third kappa shape index (κ3) is 5.19. The average molecular weight is 428 g/mol. The van der Waals surface area contributed by atoms with Crippen LogP contribution in [-0.2, 0) is 11.2 Å². The number of nitrogens with two attached hydrogens (primary N) is 7. The van der Waals surface area contributed by atoms with Crippen LogP contribution >= 0.6 is 0 Å². The second-order valence-electron chi connectivity index (χ2n) is 7.90. The van der Waals surface area contributed by atoms with E-state index < -0.39 is 17.4 Å². The summed E-state index contributed by atoms with van der Waals surface area (Å²) in [6.45, 7) is 1.62. The van der Waals surface area contributed by atoms with Crippen LogP contribution < -0.4 is 45.6 Å². The number of ketones is 1. The summed E-state index contributed by atoms with van der Waals surface area (Å²) in [6.07, 6.45) is 2.32. The van der Waals surface area contributed by atoms with E-state index in [0.717, 1.165) is 11.1 Å². The van der Waals surface area contributed by atoms with Crippen molar-refractivity contribution in [2.75, 3.05) is 12.3 Å². The number of aliphatic imine (C=N–C) groups is 2. The lowest BCUT2D eigenvalue weighted by atomic mass is 9.90. The maximum atomic E-state index is 11.9. The summed E-state index contributed by atoms with van der Waals surface area (Å²) in [7, 11) is 0. The molecule has 0 aliphatic carbocycles. The summed E-state index contributed by atoms with van der Waals surface area (Å²) in [6, 6.07) is 7.20. The van der Waals surface area contributed by atoms with Crippen LogP contribution in [0.3, 0.4) is 0 Å². The molecule has 15 N–H and O–H groups in total. The molecule has 2 heterocycles. The number of hydrazone groups is 1. The number of nitrogen functional groups attached to an aromatic ring is 1. The summed E-state index contributed by atoms with van der Waals surface area (Å²) in [4.78, 5) is 20.7. The summed E-state index contributed by atoms with van der Waals surface area (Å²) >= 11 is 0. The second kappa shape index (κ2) is 8.26. The highest BCUT2D eigenvalue weighted by molar-refractivity contribution is 6.22. The predicted molar refractivity (Wildman–Crippen MR) is 121 cm³/mol. The zero-order chi connectivity index (χ0) is 23.0. The van der Waals surface area contributed by atoms with Crippen molar-refractivity contribution >= 4 is 28.7 Å². The van der Waals surface area contributed by atoms with Crippen molar-refractivity contribution in [3.63, 3.8) is 0 Å². The minimum atomic E-state index is -1.94. The molecule has 31 heavy (non-hydrogen) atoms. The molecule has 0 spiro atoms. The van der Waals surface area contributed by atoms with Gasteiger partial charge in [-0.1, -0.05) is 12.1 Å². The number of benzene rings is 1. The van der Waals surface area contributed by atoms with Crippen molar-refractivity contribution in [1.82, 2.24) is 5.43 Å². The SMILES string of the molecule is CC1C(=NCC(=O)C(N)(N)N)NN=C1C1=CC(C(N)(N)N)=NC1Cc1ccc(N)cc1. The number of hydrogen-bond acceptors (Lipinski definition) is 11. The Balaban J connectivity index is 1.83. The molecule has 0 bridgehead atoms. The number of anilines is 1. The van der Waals surface area contributed by atoms with E-state index in [2.05, 4.69) is 20.5 Å². The zero-order valence-corrected chi connectivity index (χ0v) is 17.2. The highest BCUT2D eigenvalue weighted by Crippen LogP contribution is 2.27. The van der Waals surface area contributed by atoms with Crippen molar-refractivity contribution in [3.05, 3.63) is 41.5 Å². The van der Waals surface area contributed by atoms with Gasteiger partial charge < -0.3 is 5.73 Å². The molecule has 2 aliphatic rings. The Bertz CT molecular complexity index is 978. The lowest BCUT2D eigenvalue weighted by Gasteiger charge is -2.17.